The zero-order chi connectivity index (χ0) is 19.8. The maximum atomic E-state index is 12.6. The molecule has 0 fully saturated rings. The Bertz CT molecular complexity index is 814. The molecule has 0 N–H and O–H groups in total. The number of hydrogen-bond donors (Lipinski definition) is 0. The van der Waals surface area contributed by atoms with Gasteiger partial charge in [-0.25, -0.2) is 0 Å². The molecule has 142 valence electrons. The molecule has 0 unspecified atom stereocenters. The van der Waals surface area contributed by atoms with E-state index in [1.807, 2.05) is 56.3 Å². The normalized spacial score (nSPS) is 10.3. The van der Waals surface area contributed by atoms with Crippen LogP contribution in [-0.4, -0.2) is 36.2 Å². The number of Topliss-reactive ketones (excluding diaryl/α,β-unsaturated/α-hetero) is 1. The molecule has 0 saturated heterocycles. The topological polar surface area (TPSA) is 63.7 Å². The highest BCUT2D eigenvalue weighted by Crippen LogP contribution is 2.14. The number of aryl methyl sites for hydroxylation is 2. The first-order valence-electron chi connectivity index (χ1n) is 8.89. The van der Waals surface area contributed by atoms with Gasteiger partial charge in [0.15, 0.2) is 5.78 Å². The largest absolute Gasteiger partial charge is 0.468 e. The SMILES string of the molecule is COC(=O)CN(Cc1ccccc1)C(=O)CCC(=O)c1ccc(C)c(C)c1. The Labute approximate surface area is 159 Å². The number of ketones is 1. The molecule has 5 nitrogen and oxygen atoms in total. The lowest BCUT2D eigenvalue weighted by molar-refractivity contribution is -0.147. The summed E-state index contributed by atoms with van der Waals surface area (Å²) in [5.74, 6) is -0.814. The molecule has 0 aromatic heterocycles. The first-order chi connectivity index (χ1) is 12.9. The molecule has 0 spiro atoms. The number of benzene rings is 2. The summed E-state index contributed by atoms with van der Waals surface area (Å²) in [4.78, 5) is 38.1. The lowest BCUT2D eigenvalue weighted by atomic mass is 10.0. The Morgan fingerprint density at radius 1 is 0.926 bits per heavy atom. The maximum Gasteiger partial charge on any atom is 0.325 e. The maximum absolute atomic E-state index is 12.6. The van der Waals surface area contributed by atoms with E-state index in [9.17, 15) is 14.4 Å². The van der Waals surface area contributed by atoms with Crippen molar-refractivity contribution in [1.82, 2.24) is 4.90 Å². The van der Waals surface area contributed by atoms with Crippen molar-refractivity contribution in [3.05, 3.63) is 70.8 Å². The third-order valence-corrected chi connectivity index (χ3v) is 4.51. The van der Waals surface area contributed by atoms with Crippen LogP contribution in [0.5, 0.6) is 0 Å². The lowest BCUT2D eigenvalue weighted by Gasteiger charge is -2.21. The average Bonchev–Trinajstić information content (AvgIpc) is 2.68. The van der Waals surface area contributed by atoms with Gasteiger partial charge in [0.1, 0.15) is 6.54 Å². The van der Waals surface area contributed by atoms with Crippen LogP contribution in [-0.2, 0) is 20.9 Å². The lowest BCUT2D eigenvalue weighted by Crippen LogP contribution is -2.35. The number of hydrogen-bond acceptors (Lipinski definition) is 4. The van der Waals surface area contributed by atoms with Gasteiger partial charge in [-0.15, -0.1) is 0 Å². The summed E-state index contributed by atoms with van der Waals surface area (Å²) in [7, 11) is 1.29. The number of nitrogens with zero attached hydrogens (tertiary/aromatic N) is 1. The van der Waals surface area contributed by atoms with Crippen LogP contribution in [0.15, 0.2) is 48.5 Å². The van der Waals surface area contributed by atoms with Crippen molar-refractivity contribution in [3.63, 3.8) is 0 Å². The molecule has 1 amide bonds. The van der Waals surface area contributed by atoms with E-state index in [1.54, 1.807) is 6.07 Å². The van der Waals surface area contributed by atoms with Gasteiger partial charge in [0.25, 0.3) is 0 Å². The van der Waals surface area contributed by atoms with Crippen molar-refractivity contribution in [3.8, 4) is 0 Å². The summed E-state index contributed by atoms with van der Waals surface area (Å²) in [5, 5.41) is 0. The molecule has 27 heavy (non-hydrogen) atoms. The highest BCUT2D eigenvalue weighted by molar-refractivity contribution is 5.98. The average molecular weight is 367 g/mol. The zero-order valence-corrected chi connectivity index (χ0v) is 16.0. The standard InChI is InChI=1S/C22H25NO4/c1-16-9-10-19(13-17(16)2)20(24)11-12-21(25)23(15-22(26)27-3)14-18-7-5-4-6-8-18/h4-10,13H,11-12,14-15H2,1-3H3. The predicted molar refractivity (Wildman–Crippen MR) is 103 cm³/mol. The highest BCUT2D eigenvalue weighted by atomic mass is 16.5. The van der Waals surface area contributed by atoms with Crippen molar-refractivity contribution in [1.29, 1.82) is 0 Å². The predicted octanol–water partition coefficient (Wildman–Crippen LogP) is 3.47. The first kappa shape index (κ1) is 20.4. The van der Waals surface area contributed by atoms with E-state index >= 15 is 0 Å². The van der Waals surface area contributed by atoms with Crippen LogP contribution < -0.4 is 0 Å². The smallest absolute Gasteiger partial charge is 0.325 e. The van der Waals surface area contributed by atoms with Crippen LogP contribution in [0.1, 0.15) is 39.9 Å². The molecule has 0 heterocycles. The van der Waals surface area contributed by atoms with Gasteiger partial charge >= 0.3 is 5.97 Å². The molecule has 0 aliphatic heterocycles. The van der Waals surface area contributed by atoms with Crippen LogP contribution in [0.25, 0.3) is 0 Å². The van der Waals surface area contributed by atoms with Gasteiger partial charge in [-0.2, -0.15) is 0 Å². The second-order valence-corrected chi connectivity index (χ2v) is 6.53. The Balaban J connectivity index is 2.02. The number of carbonyl (C=O) groups excluding carboxylic acids is 3. The molecule has 2 aromatic rings. The van der Waals surface area contributed by atoms with E-state index in [0.29, 0.717) is 12.1 Å². The van der Waals surface area contributed by atoms with E-state index < -0.39 is 5.97 Å². The van der Waals surface area contributed by atoms with E-state index in [4.69, 9.17) is 0 Å². The van der Waals surface area contributed by atoms with Gasteiger partial charge in [-0.1, -0.05) is 42.5 Å². The van der Waals surface area contributed by atoms with Crippen molar-refractivity contribution in [2.24, 2.45) is 0 Å². The minimum atomic E-state index is -0.486. The number of amides is 1. The van der Waals surface area contributed by atoms with Crippen LogP contribution in [0.3, 0.4) is 0 Å². The molecule has 5 heteroatoms. The second kappa shape index (κ2) is 9.67. The van der Waals surface area contributed by atoms with Gasteiger partial charge < -0.3 is 9.64 Å². The van der Waals surface area contributed by atoms with Crippen LogP contribution in [0.2, 0.25) is 0 Å². The Hall–Kier alpha value is -2.95. The number of rotatable bonds is 8. The number of ether oxygens (including phenoxy) is 1. The van der Waals surface area contributed by atoms with Gasteiger partial charge in [0.2, 0.25) is 5.91 Å². The molecule has 0 radical (unpaired) electrons. The Morgan fingerprint density at radius 3 is 2.26 bits per heavy atom. The minimum absolute atomic E-state index is 0.0512. The number of esters is 1. The molecule has 2 rings (SSSR count). The third kappa shape index (κ3) is 6.06. The Morgan fingerprint density at radius 2 is 1.63 bits per heavy atom. The summed E-state index contributed by atoms with van der Waals surface area (Å²) in [5.41, 5.74) is 3.68. The monoisotopic (exact) mass is 367 g/mol. The van der Waals surface area contributed by atoms with Gasteiger partial charge in [-0.3, -0.25) is 14.4 Å². The summed E-state index contributed by atoms with van der Waals surface area (Å²) >= 11 is 0. The third-order valence-electron chi connectivity index (χ3n) is 4.51. The molecule has 0 bridgehead atoms. The zero-order valence-electron chi connectivity index (χ0n) is 16.0. The van der Waals surface area contributed by atoms with Crippen molar-refractivity contribution in [2.45, 2.75) is 33.2 Å². The second-order valence-electron chi connectivity index (χ2n) is 6.53. The quantitative estimate of drug-likeness (QED) is 0.529. The minimum Gasteiger partial charge on any atom is -0.468 e. The summed E-state index contributed by atoms with van der Waals surface area (Å²) in [6.07, 6.45) is 0.156. The van der Waals surface area contributed by atoms with Crippen molar-refractivity contribution in [2.75, 3.05) is 13.7 Å². The number of methoxy groups -OCH3 is 1. The fourth-order valence-electron chi connectivity index (χ4n) is 2.69. The first-order valence-corrected chi connectivity index (χ1v) is 8.89. The molecule has 0 aliphatic carbocycles. The van der Waals surface area contributed by atoms with E-state index in [1.165, 1.54) is 12.0 Å². The van der Waals surface area contributed by atoms with Gasteiger partial charge in [0, 0.05) is 24.9 Å². The van der Waals surface area contributed by atoms with Crippen LogP contribution in [0, 0.1) is 13.8 Å². The van der Waals surface area contributed by atoms with Gasteiger partial charge in [-0.05, 0) is 36.6 Å². The summed E-state index contributed by atoms with van der Waals surface area (Å²) in [6, 6.07) is 14.9. The molecule has 0 saturated carbocycles. The fourth-order valence-corrected chi connectivity index (χ4v) is 2.69. The fraction of sp³-hybridized carbons (Fsp3) is 0.318. The summed E-state index contributed by atoms with van der Waals surface area (Å²) < 4.78 is 4.69. The van der Waals surface area contributed by atoms with Crippen LogP contribution >= 0.6 is 0 Å². The van der Waals surface area contributed by atoms with Crippen LogP contribution in [0.4, 0.5) is 0 Å². The molecular weight excluding hydrogens is 342 g/mol. The van der Waals surface area contributed by atoms with E-state index in [2.05, 4.69) is 4.74 Å². The van der Waals surface area contributed by atoms with Crippen molar-refractivity contribution < 1.29 is 19.1 Å². The van der Waals surface area contributed by atoms with Gasteiger partial charge in [0.05, 0.1) is 7.11 Å². The molecule has 0 atom stereocenters. The number of carbonyl (C=O) groups is 3. The molecule has 0 aliphatic rings. The molecule has 2 aromatic carbocycles. The molecular formula is C22H25NO4. The highest BCUT2D eigenvalue weighted by Gasteiger charge is 2.19. The van der Waals surface area contributed by atoms with Crippen molar-refractivity contribution >= 4 is 17.7 Å². The summed E-state index contributed by atoms with van der Waals surface area (Å²) in [6.45, 7) is 4.10. The van der Waals surface area contributed by atoms with E-state index in [-0.39, 0.29) is 31.1 Å². The van der Waals surface area contributed by atoms with E-state index in [0.717, 1.165) is 16.7 Å². The Kier molecular flexibility index (Phi) is 7.29.